The summed E-state index contributed by atoms with van der Waals surface area (Å²) in [6.45, 7) is 0.364. The van der Waals surface area contributed by atoms with Gasteiger partial charge in [-0.1, -0.05) is 0 Å². The summed E-state index contributed by atoms with van der Waals surface area (Å²) in [7, 11) is 1.66. The lowest BCUT2D eigenvalue weighted by atomic mass is 10.2. The Balaban J connectivity index is 1.81. The molecule has 0 spiro atoms. The molecule has 22 heavy (non-hydrogen) atoms. The Labute approximate surface area is 126 Å². The number of anilines is 2. The highest BCUT2D eigenvalue weighted by Gasteiger charge is 2.33. The molecule has 1 aromatic rings. The Morgan fingerprint density at radius 2 is 2.18 bits per heavy atom. The van der Waals surface area contributed by atoms with E-state index in [0.29, 0.717) is 18.0 Å². The fourth-order valence-corrected chi connectivity index (χ4v) is 2.58. The summed E-state index contributed by atoms with van der Waals surface area (Å²) in [5.41, 5.74) is 0.675. The van der Waals surface area contributed by atoms with Crippen molar-refractivity contribution in [3.63, 3.8) is 0 Å². The molecule has 8 heteroatoms. The van der Waals surface area contributed by atoms with Crippen molar-refractivity contribution in [2.45, 2.75) is 6.10 Å². The Morgan fingerprint density at radius 3 is 2.73 bits per heavy atom. The minimum Gasteiger partial charge on any atom is -0.441 e. The van der Waals surface area contributed by atoms with E-state index in [1.54, 1.807) is 18.0 Å². The van der Waals surface area contributed by atoms with Gasteiger partial charge in [0.25, 0.3) is 0 Å². The number of ether oxygens (including phenoxy) is 1. The van der Waals surface area contributed by atoms with Crippen molar-refractivity contribution in [2.75, 3.05) is 43.2 Å². The van der Waals surface area contributed by atoms with E-state index in [1.165, 1.54) is 21.9 Å². The van der Waals surface area contributed by atoms with Gasteiger partial charge in [-0.3, -0.25) is 9.69 Å². The summed E-state index contributed by atoms with van der Waals surface area (Å²) >= 11 is 0. The Bertz CT molecular complexity index is 624. The third-order valence-electron chi connectivity index (χ3n) is 3.80. The van der Waals surface area contributed by atoms with Crippen LogP contribution < -0.4 is 9.80 Å². The molecule has 7 nitrogen and oxygen atoms in total. The maximum absolute atomic E-state index is 14.3. The van der Waals surface area contributed by atoms with Crippen LogP contribution in [0.3, 0.4) is 0 Å². The van der Waals surface area contributed by atoms with Crippen LogP contribution in [-0.4, -0.2) is 61.5 Å². The van der Waals surface area contributed by atoms with Crippen molar-refractivity contribution in [3.8, 4) is 0 Å². The fourth-order valence-electron chi connectivity index (χ4n) is 2.58. The van der Waals surface area contributed by atoms with E-state index in [9.17, 15) is 14.0 Å². The normalized spacial score (nSPS) is 21.8. The van der Waals surface area contributed by atoms with Gasteiger partial charge < -0.3 is 19.6 Å². The number of rotatable bonds is 3. The van der Waals surface area contributed by atoms with Gasteiger partial charge in [0.15, 0.2) is 0 Å². The van der Waals surface area contributed by atoms with E-state index < -0.39 is 18.0 Å². The molecule has 0 aliphatic carbocycles. The zero-order valence-electron chi connectivity index (χ0n) is 12.0. The van der Waals surface area contributed by atoms with Crippen LogP contribution in [0.15, 0.2) is 18.2 Å². The fraction of sp³-hybridized carbons (Fsp3) is 0.429. The summed E-state index contributed by atoms with van der Waals surface area (Å²) < 4.78 is 19.2. The topological polar surface area (TPSA) is 73.3 Å². The summed E-state index contributed by atoms with van der Waals surface area (Å²) in [6, 6.07) is 4.37. The largest absolute Gasteiger partial charge is 0.441 e. The van der Waals surface area contributed by atoms with Crippen molar-refractivity contribution in [1.82, 2.24) is 4.90 Å². The Kier molecular flexibility index (Phi) is 3.61. The van der Waals surface area contributed by atoms with Crippen LogP contribution in [0.2, 0.25) is 0 Å². The van der Waals surface area contributed by atoms with Crippen molar-refractivity contribution in [3.05, 3.63) is 24.0 Å². The molecular formula is C14H16FN3O4. The quantitative estimate of drug-likeness (QED) is 0.874. The van der Waals surface area contributed by atoms with E-state index in [0.717, 1.165) is 0 Å². The van der Waals surface area contributed by atoms with Crippen LogP contribution in [0, 0.1) is 5.82 Å². The maximum atomic E-state index is 14.3. The maximum Gasteiger partial charge on any atom is 0.414 e. The van der Waals surface area contributed by atoms with Crippen LogP contribution in [-0.2, 0) is 9.53 Å². The van der Waals surface area contributed by atoms with Gasteiger partial charge in [-0.15, -0.1) is 0 Å². The summed E-state index contributed by atoms with van der Waals surface area (Å²) in [4.78, 5) is 27.6. The van der Waals surface area contributed by atoms with Crippen molar-refractivity contribution >= 4 is 23.4 Å². The minimum atomic E-state index is -0.609. The molecule has 2 saturated heterocycles. The first kappa shape index (κ1) is 14.6. The number of cyclic esters (lactones) is 1. The average Bonchev–Trinajstić information content (AvgIpc) is 3.02. The van der Waals surface area contributed by atoms with Crippen molar-refractivity contribution < 1.29 is 23.8 Å². The number of aliphatic hydroxyl groups is 1. The first-order valence-corrected chi connectivity index (χ1v) is 6.87. The second kappa shape index (κ2) is 5.45. The van der Waals surface area contributed by atoms with Gasteiger partial charge in [-0.2, -0.15) is 0 Å². The first-order valence-electron chi connectivity index (χ1n) is 6.87. The molecule has 3 rings (SSSR count). The number of carbonyl (C=O) groups excluding carboxylic acids is 2. The molecule has 0 saturated carbocycles. The predicted octanol–water partition coefficient (Wildman–Crippen LogP) is 0.379. The molecule has 1 atom stereocenters. The molecule has 2 fully saturated rings. The van der Waals surface area contributed by atoms with E-state index in [1.807, 2.05) is 0 Å². The number of aliphatic hydroxyl groups excluding tert-OH is 1. The van der Waals surface area contributed by atoms with E-state index in [-0.39, 0.29) is 25.6 Å². The van der Waals surface area contributed by atoms with Crippen LogP contribution in [0.1, 0.15) is 0 Å². The zero-order chi connectivity index (χ0) is 15.9. The van der Waals surface area contributed by atoms with Gasteiger partial charge in [0.1, 0.15) is 11.9 Å². The van der Waals surface area contributed by atoms with E-state index in [2.05, 4.69) is 0 Å². The number of amides is 2. The molecule has 1 aromatic carbocycles. The van der Waals surface area contributed by atoms with Crippen molar-refractivity contribution in [1.29, 1.82) is 0 Å². The number of halogens is 1. The molecule has 118 valence electrons. The molecule has 1 N–H and O–H groups in total. The molecule has 2 aliphatic heterocycles. The minimum absolute atomic E-state index is 0.0719. The van der Waals surface area contributed by atoms with E-state index >= 15 is 0 Å². The van der Waals surface area contributed by atoms with Crippen LogP contribution in [0.4, 0.5) is 20.6 Å². The highest BCUT2D eigenvalue weighted by molar-refractivity contribution is 5.90. The van der Waals surface area contributed by atoms with Gasteiger partial charge in [-0.05, 0) is 18.2 Å². The zero-order valence-corrected chi connectivity index (χ0v) is 12.0. The number of likely N-dealkylation sites (N-methyl/N-ethyl adjacent to an activating group) is 1. The molecule has 0 radical (unpaired) electrons. The molecule has 0 unspecified atom stereocenters. The number of carbonyl (C=O) groups is 2. The first-order chi connectivity index (χ1) is 10.5. The van der Waals surface area contributed by atoms with Gasteiger partial charge in [-0.25, -0.2) is 9.18 Å². The van der Waals surface area contributed by atoms with Crippen LogP contribution in [0.25, 0.3) is 0 Å². The van der Waals surface area contributed by atoms with Crippen LogP contribution >= 0.6 is 0 Å². The Morgan fingerprint density at radius 1 is 1.41 bits per heavy atom. The van der Waals surface area contributed by atoms with Gasteiger partial charge in [0.05, 0.1) is 37.7 Å². The predicted molar refractivity (Wildman–Crippen MR) is 76.1 cm³/mol. The molecule has 2 amide bonds. The SMILES string of the molecule is CN1CN(c2ccc(N3C[C@H](CO)OC3=O)cc2F)CC1=O. The molecule has 0 aromatic heterocycles. The summed E-state index contributed by atoms with van der Waals surface area (Å²) in [5, 5.41) is 9.02. The molecule has 2 aliphatic rings. The summed E-state index contributed by atoms with van der Waals surface area (Å²) in [6.07, 6.45) is -1.21. The molecule has 0 bridgehead atoms. The monoisotopic (exact) mass is 309 g/mol. The highest BCUT2D eigenvalue weighted by atomic mass is 19.1. The Hall–Kier alpha value is -2.35. The van der Waals surface area contributed by atoms with Gasteiger partial charge in [0.2, 0.25) is 5.91 Å². The third kappa shape index (κ3) is 2.45. The number of hydrogen-bond donors (Lipinski definition) is 1. The second-order valence-corrected chi connectivity index (χ2v) is 5.37. The number of nitrogens with zero attached hydrogens (tertiary/aromatic N) is 3. The third-order valence-corrected chi connectivity index (χ3v) is 3.80. The lowest BCUT2D eigenvalue weighted by molar-refractivity contribution is -0.125. The number of hydrogen-bond acceptors (Lipinski definition) is 5. The average molecular weight is 309 g/mol. The number of benzene rings is 1. The standard InChI is InChI=1S/C14H16FN3O4/c1-16-8-17(6-13(16)20)12-3-2-9(4-11(12)15)18-5-10(7-19)22-14(18)21/h2-4,10,19H,5-8H2,1H3/t10-/m1/s1. The van der Waals surface area contributed by atoms with Crippen molar-refractivity contribution in [2.24, 2.45) is 0 Å². The van der Waals surface area contributed by atoms with Crippen LogP contribution in [0.5, 0.6) is 0 Å². The lowest BCUT2D eigenvalue weighted by Crippen LogP contribution is -2.26. The van der Waals surface area contributed by atoms with E-state index in [4.69, 9.17) is 9.84 Å². The van der Waals surface area contributed by atoms with Gasteiger partial charge >= 0.3 is 6.09 Å². The molecule has 2 heterocycles. The smallest absolute Gasteiger partial charge is 0.414 e. The molecular weight excluding hydrogens is 293 g/mol. The second-order valence-electron chi connectivity index (χ2n) is 5.37. The highest BCUT2D eigenvalue weighted by Crippen LogP contribution is 2.29. The lowest BCUT2D eigenvalue weighted by Gasteiger charge is -2.20. The summed E-state index contributed by atoms with van der Waals surface area (Å²) in [5.74, 6) is -0.585. The van der Waals surface area contributed by atoms with Gasteiger partial charge in [0, 0.05) is 7.05 Å².